The zero-order valence-electron chi connectivity index (χ0n) is 41.6. The van der Waals surface area contributed by atoms with Gasteiger partial charge in [-0.1, -0.05) is 256 Å². The third-order valence-electron chi connectivity index (χ3n) is 12.7. The first-order valence-electron chi connectivity index (χ1n) is 27.6. The van der Waals surface area contributed by atoms with Crippen molar-refractivity contribution in [2.45, 2.75) is 309 Å². The molecule has 0 bridgehead atoms. The minimum absolute atomic E-state index is 0.00350. The summed E-state index contributed by atoms with van der Waals surface area (Å²) in [7, 11) is 0. The van der Waals surface area contributed by atoms with Crippen molar-refractivity contribution < 1.29 is 24.5 Å². The predicted molar refractivity (Wildman–Crippen MR) is 269 cm³/mol. The Labute approximate surface area is 386 Å². The zero-order chi connectivity index (χ0) is 45.1. The number of aliphatic hydroxyl groups is 2. The van der Waals surface area contributed by atoms with E-state index in [1.165, 1.54) is 212 Å². The molecule has 0 aliphatic carbocycles. The van der Waals surface area contributed by atoms with E-state index in [1.54, 1.807) is 0 Å². The summed E-state index contributed by atoms with van der Waals surface area (Å²) >= 11 is 0. The molecule has 3 N–H and O–H groups in total. The van der Waals surface area contributed by atoms with Crippen LogP contribution in [0.3, 0.4) is 0 Å². The standard InChI is InChI=1S/C56H107NO5/c1-3-5-7-9-11-13-15-25-30-34-38-42-46-50-56(61)62-51-47-43-39-35-31-27-24-22-20-18-16-17-19-21-23-26-29-33-37-41-45-49-55(60)57-53(52-58)54(59)48-44-40-36-32-28-14-12-10-8-6-4-2/h7,9,13,15,53-54,58-59H,3-6,8,10-12,14,16-52H2,1-2H3,(H,57,60)/b9-7-,15-13-. The summed E-state index contributed by atoms with van der Waals surface area (Å²) in [6, 6.07) is -0.540. The van der Waals surface area contributed by atoms with Gasteiger partial charge in [0, 0.05) is 12.8 Å². The normalized spacial score (nSPS) is 12.8. The van der Waals surface area contributed by atoms with Gasteiger partial charge in [-0.2, -0.15) is 0 Å². The number of esters is 1. The van der Waals surface area contributed by atoms with E-state index in [2.05, 4.69) is 43.5 Å². The molecular formula is C56H107NO5. The maximum atomic E-state index is 12.4. The van der Waals surface area contributed by atoms with Crippen molar-refractivity contribution in [2.75, 3.05) is 13.2 Å². The summed E-state index contributed by atoms with van der Waals surface area (Å²) in [6.07, 6.45) is 61.7. The molecule has 0 rings (SSSR count). The topological polar surface area (TPSA) is 95.9 Å². The highest BCUT2D eigenvalue weighted by atomic mass is 16.5. The molecule has 0 aromatic rings. The van der Waals surface area contributed by atoms with Gasteiger partial charge >= 0.3 is 5.97 Å². The summed E-state index contributed by atoms with van der Waals surface area (Å²) < 4.78 is 5.46. The predicted octanol–water partition coefficient (Wildman–Crippen LogP) is 16.7. The van der Waals surface area contributed by atoms with E-state index in [0.717, 1.165) is 51.4 Å². The van der Waals surface area contributed by atoms with Gasteiger partial charge in [-0.3, -0.25) is 9.59 Å². The summed E-state index contributed by atoms with van der Waals surface area (Å²) in [5, 5.41) is 23.2. The van der Waals surface area contributed by atoms with Gasteiger partial charge in [-0.25, -0.2) is 0 Å². The average Bonchev–Trinajstić information content (AvgIpc) is 3.27. The van der Waals surface area contributed by atoms with Crippen LogP contribution in [-0.2, 0) is 14.3 Å². The monoisotopic (exact) mass is 874 g/mol. The lowest BCUT2D eigenvalue weighted by atomic mass is 10.0. The molecule has 1 amide bonds. The second-order valence-corrected chi connectivity index (χ2v) is 18.9. The number of aliphatic hydroxyl groups excluding tert-OH is 2. The van der Waals surface area contributed by atoms with Crippen LogP contribution in [0.15, 0.2) is 24.3 Å². The molecule has 62 heavy (non-hydrogen) atoms. The summed E-state index contributed by atoms with van der Waals surface area (Å²) in [4.78, 5) is 24.4. The number of carbonyl (C=O) groups excluding carboxylic acids is 2. The van der Waals surface area contributed by atoms with Crippen LogP contribution in [-0.4, -0.2) is 47.4 Å². The zero-order valence-corrected chi connectivity index (χ0v) is 41.6. The largest absolute Gasteiger partial charge is 0.466 e. The lowest BCUT2D eigenvalue weighted by Gasteiger charge is -2.22. The molecule has 0 saturated heterocycles. The van der Waals surface area contributed by atoms with Crippen LogP contribution in [0, 0.1) is 0 Å². The molecule has 0 spiro atoms. The lowest BCUT2D eigenvalue weighted by molar-refractivity contribution is -0.143. The van der Waals surface area contributed by atoms with E-state index in [0.29, 0.717) is 25.9 Å². The van der Waals surface area contributed by atoms with Crippen molar-refractivity contribution in [1.82, 2.24) is 5.32 Å². The highest BCUT2D eigenvalue weighted by Crippen LogP contribution is 2.17. The summed E-state index contributed by atoms with van der Waals surface area (Å²) in [5.74, 6) is -0.0404. The molecule has 0 aromatic heterocycles. The van der Waals surface area contributed by atoms with Gasteiger partial charge in [0.1, 0.15) is 0 Å². The van der Waals surface area contributed by atoms with Crippen molar-refractivity contribution in [3.8, 4) is 0 Å². The summed E-state index contributed by atoms with van der Waals surface area (Å²) in [6.45, 7) is 4.88. The van der Waals surface area contributed by atoms with E-state index >= 15 is 0 Å². The number of nitrogens with one attached hydrogen (secondary N) is 1. The quantitative estimate of drug-likeness (QED) is 0.0321. The van der Waals surface area contributed by atoms with Crippen molar-refractivity contribution in [1.29, 1.82) is 0 Å². The van der Waals surface area contributed by atoms with Crippen LogP contribution in [0.2, 0.25) is 0 Å². The van der Waals surface area contributed by atoms with E-state index in [9.17, 15) is 19.8 Å². The molecular weight excluding hydrogens is 767 g/mol. The first-order chi connectivity index (χ1) is 30.5. The van der Waals surface area contributed by atoms with Crippen molar-refractivity contribution in [3.63, 3.8) is 0 Å². The Balaban J connectivity index is 3.37. The SMILES string of the molecule is CCC/C=C\C/C=C\CCCCCCCC(=O)OCCCCCCCCCCCCCCCCCCCCCCCC(=O)NC(CO)C(O)CCCCCCCCCCCCC. The minimum Gasteiger partial charge on any atom is -0.466 e. The molecule has 0 aromatic carbocycles. The molecule has 6 heteroatoms. The van der Waals surface area contributed by atoms with Gasteiger partial charge in [-0.15, -0.1) is 0 Å². The number of rotatable bonds is 51. The molecule has 0 aliphatic heterocycles. The van der Waals surface area contributed by atoms with Crippen LogP contribution in [0.25, 0.3) is 0 Å². The maximum absolute atomic E-state index is 12.4. The molecule has 6 nitrogen and oxygen atoms in total. The third-order valence-corrected chi connectivity index (χ3v) is 12.7. The Morgan fingerprint density at radius 1 is 0.452 bits per heavy atom. The van der Waals surface area contributed by atoms with Gasteiger partial charge in [0.15, 0.2) is 0 Å². The second kappa shape index (κ2) is 52.0. The van der Waals surface area contributed by atoms with Crippen molar-refractivity contribution in [2.24, 2.45) is 0 Å². The number of ether oxygens (including phenoxy) is 1. The third kappa shape index (κ3) is 47.8. The van der Waals surface area contributed by atoms with E-state index in [4.69, 9.17) is 4.74 Å². The van der Waals surface area contributed by atoms with Gasteiger partial charge in [-0.05, 0) is 51.4 Å². The maximum Gasteiger partial charge on any atom is 0.305 e. The Bertz CT molecular complexity index is 966. The molecule has 0 heterocycles. The number of unbranched alkanes of at least 4 members (excludes halogenated alkanes) is 36. The number of allylic oxidation sites excluding steroid dienone is 4. The van der Waals surface area contributed by atoms with Gasteiger partial charge in [0.25, 0.3) is 0 Å². The fraction of sp³-hybridized carbons (Fsp3) is 0.893. The molecule has 0 aliphatic rings. The highest BCUT2D eigenvalue weighted by molar-refractivity contribution is 5.76. The molecule has 366 valence electrons. The molecule has 0 fully saturated rings. The molecule has 2 atom stereocenters. The lowest BCUT2D eigenvalue weighted by Crippen LogP contribution is -2.45. The second-order valence-electron chi connectivity index (χ2n) is 18.9. The minimum atomic E-state index is -0.663. The van der Waals surface area contributed by atoms with Crippen LogP contribution >= 0.6 is 0 Å². The number of hydrogen-bond acceptors (Lipinski definition) is 5. The highest BCUT2D eigenvalue weighted by Gasteiger charge is 2.20. The fourth-order valence-corrected chi connectivity index (χ4v) is 8.50. The number of hydrogen-bond donors (Lipinski definition) is 3. The Morgan fingerprint density at radius 2 is 0.839 bits per heavy atom. The van der Waals surface area contributed by atoms with Crippen LogP contribution in [0.4, 0.5) is 0 Å². The van der Waals surface area contributed by atoms with Crippen LogP contribution < -0.4 is 5.32 Å². The molecule has 0 radical (unpaired) electrons. The van der Waals surface area contributed by atoms with Crippen LogP contribution in [0.5, 0.6) is 0 Å². The Morgan fingerprint density at radius 3 is 1.29 bits per heavy atom. The Hall–Kier alpha value is -1.66. The average molecular weight is 874 g/mol. The van der Waals surface area contributed by atoms with Crippen molar-refractivity contribution in [3.05, 3.63) is 24.3 Å². The Kier molecular flexibility index (Phi) is 50.6. The number of amides is 1. The fourth-order valence-electron chi connectivity index (χ4n) is 8.50. The first-order valence-corrected chi connectivity index (χ1v) is 27.6. The van der Waals surface area contributed by atoms with E-state index in [1.807, 2.05) is 0 Å². The van der Waals surface area contributed by atoms with Crippen molar-refractivity contribution >= 4 is 11.9 Å². The van der Waals surface area contributed by atoms with Gasteiger partial charge < -0.3 is 20.3 Å². The molecule has 0 saturated carbocycles. The first kappa shape index (κ1) is 60.3. The molecule has 2 unspecified atom stereocenters. The van der Waals surface area contributed by atoms with Gasteiger partial charge in [0.05, 0.1) is 25.4 Å². The van der Waals surface area contributed by atoms with E-state index < -0.39 is 12.1 Å². The van der Waals surface area contributed by atoms with E-state index in [-0.39, 0.29) is 18.5 Å². The smallest absolute Gasteiger partial charge is 0.305 e. The van der Waals surface area contributed by atoms with Crippen LogP contribution in [0.1, 0.15) is 296 Å². The summed E-state index contributed by atoms with van der Waals surface area (Å²) in [5.41, 5.74) is 0. The van der Waals surface area contributed by atoms with Gasteiger partial charge in [0.2, 0.25) is 5.91 Å². The number of carbonyl (C=O) groups is 2.